The predicted octanol–water partition coefficient (Wildman–Crippen LogP) is 20.5. The highest BCUT2D eigenvalue weighted by Crippen LogP contribution is 2.17. The number of nitrogens with one attached hydrogen (secondary N) is 1. The Morgan fingerprint density at radius 2 is 0.761 bits per heavy atom. The van der Waals surface area contributed by atoms with E-state index in [-0.39, 0.29) is 29.1 Å². The minimum absolute atomic E-state index is 0.0739. The van der Waals surface area contributed by atoms with Gasteiger partial charge >= 0.3 is 23.9 Å². The molecular formula is C79H131N3O9S. The van der Waals surface area contributed by atoms with E-state index in [0.717, 1.165) is 153 Å². The molecule has 0 aromatic heterocycles. The van der Waals surface area contributed by atoms with Gasteiger partial charge in [-0.25, -0.2) is 9.59 Å². The normalized spacial score (nSPS) is 11.5. The largest absolute Gasteiger partial charge is 0.461 e. The van der Waals surface area contributed by atoms with Gasteiger partial charge < -0.3 is 34.1 Å². The number of rotatable bonds is 59. The molecule has 0 aliphatic heterocycles. The van der Waals surface area contributed by atoms with Gasteiger partial charge in [-0.3, -0.25) is 14.4 Å². The zero-order chi connectivity index (χ0) is 66.8. The number of esters is 4. The Morgan fingerprint density at radius 1 is 0.402 bits per heavy atom. The van der Waals surface area contributed by atoms with Crippen molar-refractivity contribution in [2.75, 3.05) is 79.0 Å². The van der Waals surface area contributed by atoms with Crippen LogP contribution in [0.1, 0.15) is 291 Å². The van der Waals surface area contributed by atoms with E-state index in [1.165, 1.54) is 139 Å². The Hall–Kier alpha value is -4.98. The summed E-state index contributed by atoms with van der Waals surface area (Å²) in [5, 5.41) is 3.70. The molecule has 1 amide bonds. The molecule has 2 rings (SSSR count). The van der Waals surface area contributed by atoms with E-state index in [9.17, 15) is 24.0 Å². The second-order valence-electron chi connectivity index (χ2n) is 24.9. The zero-order valence-electron chi connectivity index (χ0n) is 59.2. The smallest absolute Gasteiger partial charge is 0.338 e. The third-order valence-corrected chi connectivity index (χ3v) is 16.9. The molecule has 0 bridgehead atoms. The molecule has 2 aromatic carbocycles. The molecule has 13 heteroatoms. The third-order valence-electron chi connectivity index (χ3n) is 16.0. The number of thioether (sulfide) groups is 1. The Morgan fingerprint density at radius 3 is 1.18 bits per heavy atom. The van der Waals surface area contributed by atoms with Gasteiger partial charge in [0.25, 0.3) is 5.24 Å². The van der Waals surface area contributed by atoms with Gasteiger partial charge in [0.1, 0.15) is 26.4 Å². The number of carbonyl (C=O) groups excluding carboxylic acids is 5. The van der Waals surface area contributed by atoms with Crippen LogP contribution in [0.5, 0.6) is 0 Å². The van der Waals surface area contributed by atoms with Crippen molar-refractivity contribution in [1.29, 1.82) is 0 Å². The topological polar surface area (TPSA) is 141 Å². The van der Waals surface area contributed by atoms with Crippen LogP contribution in [0.3, 0.4) is 0 Å². The molecule has 0 heterocycles. The molecule has 12 nitrogen and oxygen atoms in total. The number of carbonyl (C=O) groups is 5. The molecule has 0 aliphatic carbocycles. The highest BCUT2D eigenvalue weighted by molar-refractivity contribution is 8.13. The lowest BCUT2D eigenvalue weighted by atomic mass is 10.0. The minimum Gasteiger partial charge on any atom is -0.461 e. The lowest BCUT2D eigenvalue weighted by Crippen LogP contribution is -2.31. The number of aryl methyl sites for hydroxylation is 2. The van der Waals surface area contributed by atoms with Crippen LogP contribution < -0.4 is 5.32 Å². The molecule has 522 valence electrons. The number of unbranched alkanes of at least 4 members (excludes halogenated alkanes) is 26. The van der Waals surface area contributed by atoms with Crippen molar-refractivity contribution in [2.45, 2.75) is 272 Å². The van der Waals surface area contributed by atoms with Gasteiger partial charge in [0.15, 0.2) is 0 Å². The van der Waals surface area contributed by atoms with Gasteiger partial charge in [-0.15, -0.1) is 0 Å². The zero-order valence-corrected chi connectivity index (χ0v) is 60.0. The van der Waals surface area contributed by atoms with Crippen LogP contribution in [0, 0.1) is 0 Å². The van der Waals surface area contributed by atoms with E-state index in [2.05, 4.69) is 74.3 Å². The number of amides is 1. The second kappa shape index (κ2) is 64.7. The van der Waals surface area contributed by atoms with Gasteiger partial charge in [0.05, 0.1) is 11.1 Å². The molecule has 0 saturated heterocycles. The summed E-state index contributed by atoms with van der Waals surface area (Å²) in [6.45, 7) is 14.7. The molecule has 0 atom stereocenters. The Kier molecular flexibility index (Phi) is 59.8. The van der Waals surface area contributed by atoms with Gasteiger partial charge in [-0.1, -0.05) is 228 Å². The summed E-state index contributed by atoms with van der Waals surface area (Å²) >= 11 is 1.41. The van der Waals surface area contributed by atoms with Crippen LogP contribution in [-0.2, 0) is 41.4 Å². The molecule has 1 N–H and O–H groups in total. The van der Waals surface area contributed by atoms with Crippen molar-refractivity contribution in [1.82, 2.24) is 15.1 Å². The molecule has 2 aromatic rings. The van der Waals surface area contributed by atoms with Crippen molar-refractivity contribution in [2.24, 2.45) is 0 Å². The Labute approximate surface area is 566 Å². The van der Waals surface area contributed by atoms with E-state index in [1.54, 1.807) is 0 Å². The fourth-order valence-corrected chi connectivity index (χ4v) is 11.2. The number of ether oxygens (including phenoxy) is 4. The van der Waals surface area contributed by atoms with Gasteiger partial charge in [0.2, 0.25) is 0 Å². The fourth-order valence-electron chi connectivity index (χ4n) is 10.2. The van der Waals surface area contributed by atoms with Crippen molar-refractivity contribution in [3.8, 4) is 0 Å². The van der Waals surface area contributed by atoms with Crippen LogP contribution in [0.4, 0.5) is 4.79 Å². The number of nitrogens with zero attached hydrogens (tertiary/aromatic N) is 2. The van der Waals surface area contributed by atoms with Crippen molar-refractivity contribution < 1.29 is 42.9 Å². The number of allylic oxidation sites excluding steroid dienone is 4. The predicted molar refractivity (Wildman–Crippen MR) is 389 cm³/mol. The highest BCUT2D eigenvalue weighted by Gasteiger charge is 2.15. The molecule has 0 spiro atoms. The lowest BCUT2D eigenvalue weighted by Gasteiger charge is -2.22. The molecule has 92 heavy (non-hydrogen) atoms. The van der Waals surface area contributed by atoms with E-state index in [1.807, 2.05) is 79.7 Å². The quantitative estimate of drug-likeness (QED) is 0.0292. The first-order chi connectivity index (χ1) is 45.0. The van der Waals surface area contributed by atoms with Crippen LogP contribution >= 0.6 is 11.8 Å². The molecule has 0 unspecified atom stereocenters. The first-order valence-electron chi connectivity index (χ1n) is 36.7. The van der Waals surface area contributed by atoms with Crippen LogP contribution in [0.2, 0.25) is 0 Å². The molecule has 0 saturated carbocycles. The maximum absolute atomic E-state index is 13.1. The summed E-state index contributed by atoms with van der Waals surface area (Å²) in [5.74, 6) is 0.0610. The summed E-state index contributed by atoms with van der Waals surface area (Å²) in [6, 6.07) is 15.6. The first kappa shape index (κ1) is 85.0. The van der Waals surface area contributed by atoms with Gasteiger partial charge in [-0.05, 0) is 178 Å². The molecule has 0 aliphatic rings. The van der Waals surface area contributed by atoms with Crippen molar-refractivity contribution >= 4 is 40.9 Å². The average Bonchev–Trinajstić information content (AvgIpc) is 3.11. The summed E-state index contributed by atoms with van der Waals surface area (Å²) in [6.07, 6.45) is 57.9. The lowest BCUT2D eigenvalue weighted by molar-refractivity contribution is -0.143. The minimum atomic E-state index is -0.287. The van der Waals surface area contributed by atoms with Crippen LogP contribution in [0.25, 0.3) is 0 Å². The van der Waals surface area contributed by atoms with Crippen molar-refractivity contribution in [3.63, 3.8) is 0 Å². The molecule has 0 fully saturated rings. The monoisotopic (exact) mass is 1300 g/mol. The van der Waals surface area contributed by atoms with Crippen LogP contribution in [-0.4, -0.2) is 118 Å². The fraction of sp³-hybridized carbons (Fsp3) is 0.684. The van der Waals surface area contributed by atoms with Gasteiger partial charge in [0, 0.05) is 38.2 Å². The number of hydrogen-bond acceptors (Lipinski definition) is 12. The van der Waals surface area contributed by atoms with E-state index in [4.69, 9.17) is 18.9 Å². The summed E-state index contributed by atoms with van der Waals surface area (Å²) in [4.78, 5) is 66.0. The summed E-state index contributed by atoms with van der Waals surface area (Å²) < 4.78 is 21.5. The summed E-state index contributed by atoms with van der Waals surface area (Å²) in [7, 11) is 4.05. The first-order valence-corrected chi connectivity index (χ1v) is 37.7. The number of hydrogen-bond donors (Lipinski definition) is 1. The van der Waals surface area contributed by atoms with E-state index < -0.39 is 0 Å². The third kappa shape index (κ3) is 54.4. The van der Waals surface area contributed by atoms with Crippen LogP contribution in [0.15, 0.2) is 97.1 Å². The maximum Gasteiger partial charge on any atom is 0.338 e. The Balaban J connectivity index is 0.000000934. The standard InChI is InChI=1S/C42H70N2O5S.C37H61NO4/c1-5-7-9-11-13-18-24-34-48-40(45)30-20-16-15-17-22-31-44(42(47)50-36-33-43(3)4)32-23-21-27-38-28-26-29-39(37-38)41(46)49-35-25-19-14-12-10-8-6-2;1-3-5-7-9-11-16-22-31-41-36(39)28-18-14-13-15-20-29-38-30-21-19-25-34-26-24-27-35(33-34)37(40)42-32-23-17-12-10-8-6-4-2/h18-19,24-26,28-29,37H,5-17,20-23,27,30-36H2,1-4H3;16-17,22-24,26-27,33,38H,3-15,18-21,25,28-32H2,1-2H3/b24-18-,25-19-;22-16-,23-17-. The Bertz CT molecular complexity index is 2230. The van der Waals surface area contributed by atoms with E-state index in [0.29, 0.717) is 50.4 Å². The molecular weight excluding hydrogens is 1170 g/mol. The molecule has 0 radical (unpaired) electrons. The SMILES string of the molecule is CCCCCC/C=C\COC(=O)CCCCCCCN(CCCCc1cccc(C(=O)OC/C=C\CCCCCC)c1)C(=O)SCCN(C)C.CCCCCC/C=C\COC(=O)CCCCCCCNCCCCc1cccc(C(=O)OC/C=C\CCCCCC)c1. The van der Waals surface area contributed by atoms with Gasteiger partial charge in [-0.2, -0.15) is 0 Å². The average molecular weight is 1300 g/mol. The summed E-state index contributed by atoms with van der Waals surface area (Å²) in [5.41, 5.74) is 3.53. The number of benzene rings is 2. The van der Waals surface area contributed by atoms with Crippen molar-refractivity contribution in [3.05, 3.63) is 119 Å². The van der Waals surface area contributed by atoms with E-state index >= 15 is 0 Å². The maximum atomic E-state index is 13.1. The highest BCUT2D eigenvalue weighted by atomic mass is 32.2. The second-order valence-corrected chi connectivity index (χ2v) is 25.9.